The second kappa shape index (κ2) is 4.80. The summed E-state index contributed by atoms with van der Waals surface area (Å²) < 4.78 is 10.5. The number of hydrogen-bond acceptors (Lipinski definition) is 4. The van der Waals surface area contributed by atoms with Gasteiger partial charge in [-0.1, -0.05) is 0 Å². The lowest BCUT2D eigenvalue weighted by Crippen LogP contribution is -2.45. The molecule has 0 radical (unpaired) electrons. The van der Waals surface area contributed by atoms with Gasteiger partial charge in [-0.2, -0.15) is 0 Å². The van der Waals surface area contributed by atoms with Crippen molar-refractivity contribution in [1.82, 2.24) is 10.3 Å². The first kappa shape index (κ1) is 11.4. The summed E-state index contributed by atoms with van der Waals surface area (Å²) in [4.78, 5) is 4.43. The Morgan fingerprint density at radius 2 is 2.25 bits per heavy atom. The zero-order valence-electron chi connectivity index (χ0n) is 10.0. The van der Waals surface area contributed by atoms with Gasteiger partial charge in [-0.15, -0.1) is 0 Å². The number of pyridine rings is 1. The fourth-order valence-corrected chi connectivity index (χ4v) is 1.84. The van der Waals surface area contributed by atoms with Gasteiger partial charge in [0.15, 0.2) is 0 Å². The standard InChI is InChI=1S/C12H18N2O2/c1-8-4-14-11(9(2)12(8)15-3)5-13-10-6-16-7-10/h4,10,13H,5-7H2,1-3H3. The van der Waals surface area contributed by atoms with Gasteiger partial charge in [0.05, 0.1) is 32.1 Å². The fraction of sp³-hybridized carbons (Fsp3) is 0.583. The first-order chi connectivity index (χ1) is 7.72. The molecule has 0 saturated carbocycles. The zero-order valence-corrected chi connectivity index (χ0v) is 10.0. The van der Waals surface area contributed by atoms with Crippen LogP contribution in [0.4, 0.5) is 0 Å². The predicted octanol–water partition coefficient (Wildman–Crippen LogP) is 1.20. The Morgan fingerprint density at radius 3 is 2.81 bits per heavy atom. The number of methoxy groups -OCH3 is 1. The normalized spacial score (nSPS) is 15.9. The van der Waals surface area contributed by atoms with Gasteiger partial charge in [0.1, 0.15) is 5.75 Å². The summed E-state index contributed by atoms with van der Waals surface area (Å²) in [5.74, 6) is 0.941. The van der Waals surface area contributed by atoms with Crippen LogP contribution in [-0.2, 0) is 11.3 Å². The number of aromatic nitrogens is 1. The lowest BCUT2D eigenvalue weighted by atomic mass is 10.1. The van der Waals surface area contributed by atoms with Crippen molar-refractivity contribution in [3.8, 4) is 5.75 Å². The Hall–Kier alpha value is -1.13. The van der Waals surface area contributed by atoms with E-state index in [0.717, 1.165) is 42.3 Å². The average molecular weight is 222 g/mol. The fourth-order valence-electron chi connectivity index (χ4n) is 1.84. The van der Waals surface area contributed by atoms with Crippen LogP contribution in [0.15, 0.2) is 6.20 Å². The largest absolute Gasteiger partial charge is 0.496 e. The second-order valence-corrected chi connectivity index (χ2v) is 4.16. The minimum absolute atomic E-state index is 0.480. The number of nitrogens with one attached hydrogen (secondary N) is 1. The molecule has 0 bridgehead atoms. The minimum Gasteiger partial charge on any atom is -0.496 e. The molecule has 1 saturated heterocycles. The quantitative estimate of drug-likeness (QED) is 0.831. The van der Waals surface area contributed by atoms with Crippen molar-refractivity contribution in [2.45, 2.75) is 26.4 Å². The van der Waals surface area contributed by atoms with E-state index in [0.29, 0.717) is 6.04 Å². The van der Waals surface area contributed by atoms with Crippen LogP contribution in [0.2, 0.25) is 0 Å². The van der Waals surface area contributed by atoms with Crippen molar-refractivity contribution in [2.75, 3.05) is 20.3 Å². The van der Waals surface area contributed by atoms with Crippen LogP contribution in [0.1, 0.15) is 16.8 Å². The minimum atomic E-state index is 0.480. The second-order valence-electron chi connectivity index (χ2n) is 4.16. The molecule has 1 N–H and O–H groups in total. The van der Waals surface area contributed by atoms with Crippen molar-refractivity contribution >= 4 is 0 Å². The van der Waals surface area contributed by atoms with Gasteiger partial charge in [0.2, 0.25) is 0 Å². The summed E-state index contributed by atoms with van der Waals surface area (Å²) in [5.41, 5.74) is 3.25. The number of aryl methyl sites for hydroxylation is 1. The van der Waals surface area contributed by atoms with Gasteiger partial charge in [-0.05, 0) is 13.8 Å². The molecule has 16 heavy (non-hydrogen) atoms. The van der Waals surface area contributed by atoms with Gasteiger partial charge in [0.25, 0.3) is 0 Å². The highest BCUT2D eigenvalue weighted by molar-refractivity contribution is 5.40. The Labute approximate surface area is 96.0 Å². The van der Waals surface area contributed by atoms with Crippen LogP contribution in [0.25, 0.3) is 0 Å². The van der Waals surface area contributed by atoms with Gasteiger partial charge >= 0.3 is 0 Å². The van der Waals surface area contributed by atoms with Gasteiger partial charge in [-0.25, -0.2) is 0 Å². The van der Waals surface area contributed by atoms with Crippen LogP contribution in [0.5, 0.6) is 5.75 Å². The molecule has 0 atom stereocenters. The average Bonchev–Trinajstić information content (AvgIpc) is 2.20. The Bertz CT molecular complexity index is 376. The third-order valence-electron chi connectivity index (χ3n) is 2.95. The van der Waals surface area contributed by atoms with E-state index in [-0.39, 0.29) is 0 Å². The van der Waals surface area contributed by atoms with Crippen molar-refractivity contribution in [2.24, 2.45) is 0 Å². The van der Waals surface area contributed by atoms with Crippen LogP contribution in [-0.4, -0.2) is 31.3 Å². The van der Waals surface area contributed by atoms with Crippen LogP contribution >= 0.6 is 0 Å². The summed E-state index contributed by atoms with van der Waals surface area (Å²) in [6, 6.07) is 0.480. The SMILES string of the molecule is COc1c(C)cnc(CNC2COC2)c1C. The first-order valence-corrected chi connectivity index (χ1v) is 5.52. The topological polar surface area (TPSA) is 43.4 Å². The highest BCUT2D eigenvalue weighted by Gasteiger charge is 2.18. The molecule has 0 unspecified atom stereocenters. The molecule has 0 aromatic carbocycles. The Morgan fingerprint density at radius 1 is 1.50 bits per heavy atom. The lowest BCUT2D eigenvalue weighted by Gasteiger charge is -2.27. The summed E-state index contributed by atoms with van der Waals surface area (Å²) in [5, 5.41) is 3.40. The summed E-state index contributed by atoms with van der Waals surface area (Å²) in [6.45, 7) is 6.45. The molecule has 1 aliphatic heterocycles. The molecular formula is C12H18N2O2. The van der Waals surface area contributed by atoms with Crippen molar-refractivity contribution in [3.63, 3.8) is 0 Å². The van der Waals surface area contributed by atoms with Crippen LogP contribution < -0.4 is 10.1 Å². The van der Waals surface area contributed by atoms with Gasteiger partial charge < -0.3 is 14.8 Å². The molecule has 4 heteroatoms. The maximum atomic E-state index is 5.37. The van der Waals surface area contributed by atoms with Gasteiger partial charge in [0, 0.05) is 23.9 Å². The van der Waals surface area contributed by atoms with Crippen molar-refractivity contribution < 1.29 is 9.47 Å². The van der Waals surface area contributed by atoms with Crippen molar-refractivity contribution in [3.05, 3.63) is 23.0 Å². The molecule has 0 aliphatic carbocycles. The molecule has 88 valence electrons. The molecule has 1 aromatic heterocycles. The third kappa shape index (κ3) is 2.18. The highest BCUT2D eigenvalue weighted by Crippen LogP contribution is 2.23. The summed E-state index contributed by atoms with van der Waals surface area (Å²) in [6.07, 6.45) is 1.86. The van der Waals surface area contributed by atoms with E-state index in [1.54, 1.807) is 7.11 Å². The molecule has 1 aliphatic rings. The van der Waals surface area contributed by atoms with E-state index in [2.05, 4.69) is 10.3 Å². The maximum absolute atomic E-state index is 5.37. The van der Waals surface area contributed by atoms with E-state index >= 15 is 0 Å². The molecule has 4 nitrogen and oxygen atoms in total. The third-order valence-corrected chi connectivity index (χ3v) is 2.95. The van der Waals surface area contributed by atoms with Crippen LogP contribution in [0, 0.1) is 13.8 Å². The number of nitrogens with zero attached hydrogens (tertiary/aromatic N) is 1. The smallest absolute Gasteiger partial charge is 0.128 e. The highest BCUT2D eigenvalue weighted by atomic mass is 16.5. The van der Waals surface area contributed by atoms with E-state index in [1.807, 2.05) is 20.0 Å². The van der Waals surface area contributed by atoms with E-state index in [1.165, 1.54) is 0 Å². The van der Waals surface area contributed by atoms with E-state index in [4.69, 9.17) is 9.47 Å². The Balaban J connectivity index is 2.07. The van der Waals surface area contributed by atoms with E-state index < -0.39 is 0 Å². The molecule has 0 spiro atoms. The zero-order chi connectivity index (χ0) is 11.5. The lowest BCUT2D eigenvalue weighted by molar-refractivity contribution is -0.00593. The first-order valence-electron chi connectivity index (χ1n) is 5.52. The Kier molecular flexibility index (Phi) is 3.41. The van der Waals surface area contributed by atoms with Gasteiger partial charge in [-0.3, -0.25) is 4.98 Å². The van der Waals surface area contributed by atoms with E-state index in [9.17, 15) is 0 Å². The summed E-state index contributed by atoms with van der Waals surface area (Å²) in [7, 11) is 1.70. The number of ether oxygens (including phenoxy) is 2. The molecule has 1 aromatic rings. The van der Waals surface area contributed by atoms with Crippen molar-refractivity contribution in [1.29, 1.82) is 0 Å². The summed E-state index contributed by atoms with van der Waals surface area (Å²) >= 11 is 0. The maximum Gasteiger partial charge on any atom is 0.128 e. The number of rotatable bonds is 4. The molecule has 0 amide bonds. The number of hydrogen-bond donors (Lipinski definition) is 1. The monoisotopic (exact) mass is 222 g/mol. The molecular weight excluding hydrogens is 204 g/mol. The molecule has 2 heterocycles. The molecule has 1 fully saturated rings. The molecule has 2 rings (SSSR count). The predicted molar refractivity (Wildman–Crippen MR) is 61.7 cm³/mol. The van der Waals surface area contributed by atoms with Crippen LogP contribution in [0.3, 0.4) is 0 Å².